The van der Waals surface area contributed by atoms with Crippen molar-refractivity contribution in [2.75, 3.05) is 0 Å². The number of hydrogen-bond donors (Lipinski definition) is 2. The summed E-state index contributed by atoms with van der Waals surface area (Å²) in [6.07, 6.45) is -0.367. The SMILES string of the molecule is O=C(NC1(C(=O)O)Cc2ccc(Cl)cc2C1)OCc1ccccc1. The molecule has 2 aromatic carbocycles. The first-order valence-electron chi connectivity index (χ1n) is 7.48. The van der Waals surface area contributed by atoms with Crippen LogP contribution in [0.5, 0.6) is 0 Å². The minimum atomic E-state index is -1.40. The third-order valence-electron chi connectivity index (χ3n) is 4.12. The maximum absolute atomic E-state index is 12.1. The van der Waals surface area contributed by atoms with E-state index in [0.29, 0.717) is 5.02 Å². The summed E-state index contributed by atoms with van der Waals surface area (Å²) >= 11 is 5.96. The van der Waals surface area contributed by atoms with Gasteiger partial charge in [-0.2, -0.15) is 0 Å². The maximum atomic E-state index is 12.1. The summed E-state index contributed by atoms with van der Waals surface area (Å²) in [7, 11) is 0. The molecule has 124 valence electrons. The second-order valence-corrected chi connectivity index (χ2v) is 6.28. The summed E-state index contributed by atoms with van der Waals surface area (Å²) in [6.45, 7) is 0.0845. The van der Waals surface area contributed by atoms with E-state index in [2.05, 4.69) is 5.32 Å². The van der Waals surface area contributed by atoms with Gasteiger partial charge >= 0.3 is 12.1 Å². The summed E-state index contributed by atoms with van der Waals surface area (Å²) in [5.41, 5.74) is 1.12. The summed E-state index contributed by atoms with van der Waals surface area (Å²) in [5.74, 6) is -1.09. The first-order chi connectivity index (χ1) is 11.5. The number of carbonyl (C=O) groups is 2. The van der Waals surface area contributed by atoms with Gasteiger partial charge in [0.1, 0.15) is 12.1 Å². The molecule has 0 aliphatic heterocycles. The van der Waals surface area contributed by atoms with Crippen LogP contribution in [0.15, 0.2) is 48.5 Å². The van der Waals surface area contributed by atoms with E-state index >= 15 is 0 Å². The monoisotopic (exact) mass is 345 g/mol. The van der Waals surface area contributed by atoms with Gasteiger partial charge in [-0.1, -0.05) is 48.0 Å². The number of ether oxygens (including phenoxy) is 1. The number of alkyl carbamates (subject to hydrolysis) is 1. The molecule has 2 aromatic rings. The van der Waals surface area contributed by atoms with Gasteiger partial charge in [0.25, 0.3) is 0 Å². The zero-order valence-corrected chi connectivity index (χ0v) is 13.5. The molecule has 6 heteroatoms. The number of nitrogens with one attached hydrogen (secondary N) is 1. The van der Waals surface area contributed by atoms with Crippen LogP contribution in [-0.4, -0.2) is 22.7 Å². The smallest absolute Gasteiger partial charge is 0.408 e. The fourth-order valence-electron chi connectivity index (χ4n) is 2.89. The Bertz CT molecular complexity index is 778. The van der Waals surface area contributed by atoms with Crippen LogP contribution < -0.4 is 5.32 Å². The van der Waals surface area contributed by atoms with Gasteiger partial charge in [-0.25, -0.2) is 9.59 Å². The number of amides is 1. The lowest BCUT2D eigenvalue weighted by atomic mass is 9.96. The van der Waals surface area contributed by atoms with E-state index in [0.717, 1.165) is 16.7 Å². The summed E-state index contributed by atoms with van der Waals surface area (Å²) in [4.78, 5) is 23.9. The molecule has 0 fully saturated rings. The van der Waals surface area contributed by atoms with Crippen molar-refractivity contribution in [2.24, 2.45) is 0 Å². The van der Waals surface area contributed by atoms with Crippen LogP contribution in [-0.2, 0) is 29.0 Å². The average molecular weight is 346 g/mol. The summed E-state index contributed by atoms with van der Waals surface area (Å²) in [5, 5.41) is 12.7. The van der Waals surface area contributed by atoms with E-state index in [1.807, 2.05) is 30.3 Å². The molecule has 0 bridgehead atoms. The van der Waals surface area contributed by atoms with Crippen LogP contribution >= 0.6 is 11.6 Å². The summed E-state index contributed by atoms with van der Waals surface area (Å²) in [6, 6.07) is 14.4. The number of carbonyl (C=O) groups excluding carboxylic acids is 1. The van der Waals surface area contributed by atoms with E-state index in [9.17, 15) is 14.7 Å². The molecule has 1 amide bonds. The fraction of sp³-hybridized carbons (Fsp3) is 0.222. The number of rotatable bonds is 4. The Kier molecular flexibility index (Phi) is 4.44. The third-order valence-corrected chi connectivity index (χ3v) is 4.35. The largest absolute Gasteiger partial charge is 0.479 e. The van der Waals surface area contributed by atoms with E-state index in [1.165, 1.54) is 0 Å². The molecule has 1 aliphatic carbocycles. The molecule has 5 nitrogen and oxygen atoms in total. The molecule has 24 heavy (non-hydrogen) atoms. The van der Waals surface area contributed by atoms with Gasteiger partial charge in [0.2, 0.25) is 0 Å². The predicted octanol–water partition coefficient (Wildman–Crippen LogP) is 3.19. The van der Waals surface area contributed by atoms with Gasteiger partial charge in [0, 0.05) is 17.9 Å². The molecule has 1 unspecified atom stereocenters. The molecular formula is C18H16ClNO4. The van der Waals surface area contributed by atoms with E-state index in [4.69, 9.17) is 16.3 Å². The van der Waals surface area contributed by atoms with Crippen molar-refractivity contribution in [3.8, 4) is 0 Å². The van der Waals surface area contributed by atoms with Crippen molar-refractivity contribution in [2.45, 2.75) is 25.0 Å². The molecule has 0 heterocycles. The second-order valence-electron chi connectivity index (χ2n) is 5.84. The highest BCUT2D eigenvalue weighted by molar-refractivity contribution is 6.30. The van der Waals surface area contributed by atoms with Gasteiger partial charge in [-0.15, -0.1) is 0 Å². The van der Waals surface area contributed by atoms with Gasteiger partial charge < -0.3 is 15.2 Å². The van der Waals surface area contributed by atoms with Crippen molar-refractivity contribution >= 4 is 23.7 Å². The Balaban J connectivity index is 1.69. The Morgan fingerprint density at radius 2 is 1.83 bits per heavy atom. The van der Waals surface area contributed by atoms with E-state index in [1.54, 1.807) is 18.2 Å². The van der Waals surface area contributed by atoms with Crippen LogP contribution in [0, 0.1) is 0 Å². The highest BCUT2D eigenvalue weighted by atomic mass is 35.5. The van der Waals surface area contributed by atoms with Crippen molar-refractivity contribution in [3.63, 3.8) is 0 Å². The molecule has 2 N–H and O–H groups in total. The zero-order valence-electron chi connectivity index (χ0n) is 12.8. The molecule has 0 aromatic heterocycles. The predicted molar refractivity (Wildman–Crippen MR) is 89.0 cm³/mol. The number of carboxylic acids is 1. The second kappa shape index (κ2) is 6.53. The number of fused-ring (bicyclic) bond motifs is 1. The van der Waals surface area contributed by atoms with Gasteiger partial charge in [0.15, 0.2) is 0 Å². The first-order valence-corrected chi connectivity index (χ1v) is 7.86. The van der Waals surface area contributed by atoms with Gasteiger partial charge in [0.05, 0.1) is 0 Å². The van der Waals surface area contributed by atoms with Crippen molar-refractivity contribution in [1.29, 1.82) is 0 Å². The molecule has 1 aliphatic rings. The number of halogens is 1. The Morgan fingerprint density at radius 3 is 2.54 bits per heavy atom. The molecule has 0 spiro atoms. The average Bonchev–Trinajstić information content (AvgIpc) is 2.92. The van der Waals surface area contributed by atoms with Crippen molar-refractivity contribution in [1.82, 2.24) is 5.32 Å². The third kappa shape index (κ3) is 3.36. The lowest BCUT2D eigenvalue weighted by Crippen LogP contribution is -2.55. The van der Waals surface area contributed by atoms with E-state index < -0.39 is 17.6 Å². The Hall–Kier alpha value is -2.53. The minimum absolute atomic E-state index is 0.0845. The lowest BCUT2D eigenvalue weighted by Gasteiger charge is -2.25. The molecule has 3 rings (SSSR count). The standard InChI is InChI=1S/C18H16ClNO4/c19-15-7-6-13-9-18(16(21)22,10-14(13)8-15)20-17(23)24-11-12-4-2-1-3-5-12/h1-8H,9-11H2,(H,20,23)(H,21,22). The molecule has 0 radical (unpaired) electrons. The minimum Gasteiger partial charge on any atom is -0.479 e. The highest BCUT2D eigenvalue weighted by Crippen LogP contribution is 2.32. The van der Waals surface area contributed by atoms with Crippen molar-refractivity contribution < 1.29 is 19.4 Å². The number of benzene rings is 2. The van der Waals surface area contributed by atoms with Crippen LogP contribution in [0.25, 0.3) is 0 Å². The highest BCUT2D eigenvalue weighted by Gasteiger charge is 2.45. The van der Waals surface area contributed by atoms with Crippen LogP contribution in [0.2, 0.25) is 5.02 Å². The van der Waals surface area contributed by atoms with Crippen LogP contribution in [0.4, 0.5) is 4.79 Å². The van der Waals surface area contributed by atoms with Crippen LogP contribution in [0.1, 0.15) is 16.7 Å². The Morgan fingerprint density at radius 1 is 1.12 bits per heavy atom. The number of aliphatic carboxylic acids is 1. The molecular weight excluding hydrogens is 330 g/mol. The van der Waals surface area contributed by atoms with Gasteiger partial charge in [-0.3, -0.25) is 0 Å². The van der Waals surface area contributed by atoms with Crippen molar-refractivity contribution in [3.05, 3.63) is 70.2 Å². The lowest BCUT2D eigenvalue weighted by molar-refractivity contribution is -0.144. The quantitative estimate of drug-likeness (QED) is 0.892. The summed E-state index contributed by atoms with van der Waals surface area (Å²) < 4.78 is 5.15. The Labute approximate surface area is 144 Å². The zero-order chi connectivity index (χ0) is 17.2. The topological polar surface area (TPSA) is 75.6 Å². The number of hydrogen-bond acceptors (Lipinski definition) is 3. The maximum Gasteiger partial charge on any atom is 0.408 e. The number of carboxylic acid groups (broad SMARTS) is 1. The van der Waals surface area contributed by atoms with Gasteiger partial charge in [-0.05, 0) is 28.8 Å². The molecule has 0 saturated carbocycles. The van der Waals surface area contributed by atoms with Crippen LogP contribution in [0.3, 0.4) is 0 Å². The normalized spacial score (nSPS) is 18.7. The molecule has 1 atom stereocenters. The fourth-order valence-corrected chi connectivity index (χ4v) is 3.09. The van der Waals surface area contributed by atoms with E-state index in [-0.39, 0.29) is 19.4 Å². The first kappa shape index (κ1) is 16.3. The molecule has 0 saturated heterocycles.